The third-order valence-corrected chi connectivity index (χ3v) is 5.10. The Balaban J connectivity index is 2.18. The van der Waals surface area contributed by atoms with Crippen LogP contribution < -0.4 is 5.32 Å². The summed E-state index contributed by atoms with van der Waals surface area (Å²) in [4.78, 5) is 0. The van der Waals surface area contributed by atoms with Crippen LogP contribution in [0.15, 0.2) is 48.5 Å². The predicted molar refractivity (Wildman–Crippen MR) is 91.8 cm³/mol. The molecule has 1 heterocycles. The number of fused-ring (bicyclic) bond motifs is 1. The van der Waals surface area contributed by atoms with Gasteiger partial charge in [-0.1, -0.05) is 50.2 Å². The van der Waals surface area contributed by atoms with Crippen molar-refractivity contribution in [2.75, 3.05) is 11.9 Å². The number of anilines is 1. The summed E-state index contributed by atoms with van der Waals surface area (Å²) in [7, 11) is 0. The average Bonchev–Trinajstić information content (AvgIpc) is 2.70. The Morgan fingerprint density at radius 2 is 1.83 bits per heavy atom. The summed E-state index contributed by atoms with van der Waals surface area (Å²) in [5.74, 6) is 0.230. The van der Waals surface area contributed by atoms with Crippen LogP contribution >= 0.6 is 0 Å². The van der Waals surface area contributed by atoms with Crippen LogP contribution in [0.2, 0.25) is 0 Å². The summed E-state index contributed by atoms with van der Waals surface area (Å²) in [6, 6.07) is 15.1. The van der Waals surface area contributed by atoms with Gasteiger partial charge in [-0.05, 0) is 30.0 Å². The van der Waals surface area contributed by atoms with Crippen molar-refractivity contribution in [1.29, 1.82) is 0 Å². The minimum Gasteiger partial charge on any atom is -0.508 e. The lowest BCUT2D eigenvalue weighted by molar-refractivity contribution is -0.193. The number of nitrogens with one attached hydrogen (secondary N) is 1. The molecule has 1 atom stereocenters. The number of rotatable bonds is 3. The first-order valence-electron chi connectivity index (χ1n) is 8.21. The maximum absolute atomic E-state index is 11.2. The molecule has 0 saturated heterocycles. The van der Waals surface area contributed by atoms with E-state index in [0.717, 1.165) is 29.7 Å². The third kappa shape index (κ3) is 2.69. The fraction of sp³-hybridized carbons (Fsp3) is 0.368. The summed E-state index contributed by atoms with van der Waals surface area (Å²) in [5.41, 5.74) is 2.54. The first-order valence-corrected chi connectivity index (χ1v) is 8.21. The van der Waals surface area contributed by atoms with Crippen LogP contribution in [0.4, 0.5) is 5.69 Å². The Hall–Kier alpha value is -2.04. The van der Waals surface area contributed by atoms with Crippen molar-refractivity contribution in [3.63, 3.8) is 0 Å². The van der Waals surface area contributed by atoms with E-state index in [0.29, 0.717) is 6.54 Å². The maximum Gasteiger partial charge on any atom is 0.117 e. The molecule has 0 aromatic heterocycles. The van der Waals surface area contributed by atoms with Crippen LogP contribution in [-0.2, 0) is 0 Å². The summed E-state index contributed by atoms with van der Waals surface area (Å²) >= 11 is 0. The molecule has 2 aromatic carbocycles. The predicted octanol–water partition coefficient (Wildman–Crippen LogP) is 4.16. The van der Waals surface area contributed by atoms with Crippen molar-refractivity contribution < 1.29 is 10.3 Å². The highest BCUT2D eigenvalue weighted by molar-refractivity contribution is 5.59. The van der Waals surface area contributed by atoms with Crippen molar-refractivity contribution in [1.82, 2.24) is 5.06 Å². The van der Waals surface area contributed by atoms with Gasteiger partial charge in [-0.15, -0.1) is 0 Å². The first kappa shape index (κ1) is 15.8. The molecule has 3 N–H and O–H groups in total. The Labute approximate surface area is 137 Å². The number of phenols is 1. The zero-order chi connectivity index (χ0) is 16.4. The number of hydroxylamine groups is 2. The van der Waals surface area contributed by atoms with Crippen LogP contribution in [0.1, 0.15) is 43.9 Å². The van der Waals surface area contributed by atoms with Crippen LogP contribution in [0.5, 0.6) is 5.75 Å². The quantitative estimate of drug-likeness (QED) is 0.796. The van der Waals surface area contributed by atoms with E-state index in [2.05, 4.69) is 19.2 Å². The van der Waals surface area contributed by atoms with Gasteiger partial charge >= 0.3 is 0 Å². The first-order chi connectivity index (χ1) is 11.1. The number of benzene rings is 2. The van der Waals surface area contributed by atoms with E-state index in [1.165, 1.54) is 5.06 Å². The highest BCUT2D eigenvalue weighted by atomic mass is 16.5. The van der Waals surface area contributed by atoms with Gasteiger partial charge in [0.15, 0.2) is 0 Å². The monoisotopic (exact) mass is 312 g/mol. The minimum atomic E-state index is -0.352. The van der Waals surface area contributed by atoms with Gasteiger partial charge in [0.2, 0.25) is 0 Å². The summed E-state index contributed by atoms with van der Waals surface area (Å²) < 4.78 is 0. The topological polar surface area (TPSA) is 55.7 Å². The number of nitrogens with zero attached hydrogens (tertiary/aromatic N) is 1. The Morgan fingerprint density at radius 3 is 2.48 bits per heavy atom. The fourth-order valence-corrected chi connectivity index (χ4v) is 3.46. The lowest BCUT2D eigenvalue weighted by atomic mass is 9.89. The van der Waals surface area contributed by atoms with E-state index >= 15 is 0 Å². The zero-order valence-electron chi connectivity index (χ0n) is 13.7. The second-order valence-electron chi connectivity index (χ2n) is 6.21. The number of aromatic hydroxyl groups is 1. The van der Waals surface area contributed by atoms with E-state index in [1.54, 1.807) is 12.1 Å². The molecule has 23 heavy (non-hydrogen) atoms. The highest BCUT2D eigenvalue weighted by Crippen LogP contribution is 2.42. The van der Waals surface area contributed by atoms with Crippen LogP contribution in [-0.4, -0.2) is 27.5 Å². The van der Waals surface area contributed by atoms with Crippen molar-refractivity contribution in [3.8, 4) is 5.75 Å². The van der Waals surface area contributed by atoms with Gasteiger partial charge in [0.1, 0.15) is 5.75 Å². The average molecular weight is 312 g/mol. The summed E-state index contributed by atoms with van der Waals surface area (Å²) in [5, 5.41) is 25.9. The number of hydrogen-bond acceptors (Lipinski definition) is 4. The molecule has 4 nitrogen and oxygen atoms in total. The summed E-state index contributed by atoms with van der Waals surface area (Å²) in [6.07, 6.45) is 1.66. The molecule has 0 bridgehead atoms. The van der Waals surface area contributed by atoms with E-state index in [-0.39, 0.29) is 17.3 Å². The molecule has 4 heteroatoms. The molecule has 0 radical (unpaired) electrons. The molecule has 0 fully saturated rings. The SMILES string of the molecule is CCC1(CC)CNc2cc(O)ccc2C(c2ccccc2)N1O. The van der Waals surface area contributed by atoms with E-state index < -0.39 is 0 Å². The standard InChI is InChI=1S/C19H24N2O2/c1-3-19(4-2)13-20-17-12-15(22)10-11-16(17)18(21(19)23)14-8-6-5-7-9-14/h5-12,18,20,22-23H,3-4,13H2,1-2H3. The number of phenolic OH excluding ortho intramolecular Hbond substituents is 1. The second-order valence-corrected chi connectivity index (χ2v) is 6.21. The van der Waals surface area contributed by atoms with E-state index in [9.17, 15) is 10.3 Å². The van der Waals surface area contributed by atoms with Crippen molar-refractivity contribution in [3.05, 3.63) is 59.7 Å². The van der Waals surface area contributed by atoms with Gasteiger partial charge in [0.05, 0.1) is 11.6 Å². The highest BCUT2D eigenvalue weighted by Gasteiger charge is 2.41. The Morgan fingerprint density at radius 1 is 1.13 bits per heavy atom. The molecule has 122 valence electrons. The molecule has 2 aromatic rings. The van der Waals surface area contributed by atoms with Crippen LogP contribution in [0.25, 0.3) is 0 Å². The van der Waals surface area contributed by atoms with Gasteiger partial charge in [-0.25, -0.2) is 0 Å². The molecular formula is C19H24N2O2. The fourth-order valence-electron chi connectivity index (χ4n) is 3.46. The Kier molecular flexibility index (Phi) is 4.28. The van der Waals surface area contributed by atoms with Gasteiger partial charge < -0.3 is 15.6 Å². The number of hydrogen-bond donors (Lipinski definition) is 3. The lowest BCUT2D eigenvalue weighted by Crippen LogP contribution is -2.51. The van der Waals surface area contributed by atoms with Crippen molar-refractivity contribution in [2.24, 2.45) is 0 Å². The lowest BCUT2D eigenvalue weighted by Gasteiger charge is -2.41. The third-order valence-electron chi connectivity index (χ3n) is 5.10. The van der Waals surface area contributed by atoms with Crippen LogP contribution in [0, 0.1) is 0 Å². The molecule has 1 aliphatic heterocycles. The smallest absolute Gasteiger partial charge is 0.117 e. The molecule has 3 rings (SSSR count). The minimum absolute atomic E-state index is 0.230. The van der Waals surface area contributed by atoms with Gasteiger partial charge in [-0.2, -0.15) is 5.06 Å². The molecule has 1 unspecified atom stereocenters. The zero-order valence-corrected chi connectivity index (χ0v) is 13.7. The molecule has 0 spiro atoms. The summed E-state index contributed by atoms with van der Waals surface area (Å²) in [6.45, 7) is 4.84. The van der Waals surface area contributed by atoms with Crippen molar-refractivity contribution >= 4 is 5.69 Å². The Bertz CT molecular complexity index is 668. The van der Waals surface area contributed by atoms with Gasteiger partial charge in [-0.3, -0.25) is 0 Å². The van der Waals surface area contributed by atoms with E-state index in [1.807, 2.05) is 36.4 Å². The normalized spacial score (nSPS) is 20.4. The molecule has 0 saturated carbocycles. The second kappa shape index (κ2) is 6.22. The molecule has 0 aliphatic carbocycles. The van der Waals surface area contributed by atoms with Crippen LogP contribution in [0.3, 0.4) is 0 Å². The largest absolute Gasteiger partial charge is 0.508 e. The van der Waals surface area contributed by atoms with Crippen molar-refractivity contribution in [2.45, 2.75) is 38.3 Å². The van der Waals surface area contributed by atoms with Gasteiger partial charge in [0.25, 0.3) is 0 Å². The molecule has 1 aliphatic rings. The van der Waals surface area contributed by atoms with Gasteiger partial charge in [0, 0.05) is 18.3 Å². The molecule has 0 amide bonds. The van der Waals surface area contributed by atoms with E-state index in [4.69, 9.17) is 0 Å². The molecular weight excluding hydrogens is 288 g/mol. The maximum atomic E-state index is 11.2.